The number of halogens is 1. The van der Waals surface area contributed by atoms with Gasteiger partial charge < -0.3 is 5.11 Å². The van der Waals surface area contributed by atoms with E-state index in [4.69, 9.17) is 0 Å². The molecule has 2 heteroatoms. The summed E-state index contributed by atoms with van der Waals surface area (Å²) < 4.78 is 13.2. The number of aliphatic hydroxyl groups excluding tert-OH is 1. The first-order valence-electron chi connectivity index (χ1n) is 4.74. The molecule has 76 valence electrons. The Balaban J connectivity index is 2.74. The van der Waals surface area contributed by atoms with Crippen LogP contribution in [0.1, 0.15) is 31.4 Å². The highest BCUT2D eigenvalue weighted by Crippen LogP contribution is 2.23. The highest BCUT2D eigenvalue weighted by Gasteiger charge is 2.12. The predicted octanol–water partition coefficient (Wildman–Crippen LogP) is 3.22. The molecule has 0 saturated carbocycles. The van der Waals surface area contributed by atoms with Crippen molar-refractivity contribution in [1.29, 1.82) is 0 Å². The molecule has 14 heavy (non-hydrogen) atoms. The van der Waals surface area contributed by atoms with Crippen molar-refractivity contribution in [2.45, 2.75) is 25.9 Å². The zero-order valence-corrected chi connectivity index (χ0v) is 8.33. The largest absolute Gasteiger partial charge is 0.388 e. The molecule has 0 saturated heterocycles. The zero-order valence-electron chi connectivity index (χ0n) is 8.33. The lowest BCUT2D eigenvalue weighted by Gasteiger charge is -2.12. The lowest BCUT2D eigenvalue weighted by atomic mass is 10.0. The van der Waals surface area contributed by atoms with Crippen molar-refractivity contribution in [2.75, 3.05) is 0 Å². The molecule has 0 bridgehead atoms. The van der Waals surface area contributed by atoms with Crippen molar-refractivity contribution in [1.82, 2.24) is 0 Å². The molecule has 1 aromatic carbocycles. The fourth-order valence-electron chi connectivity index (χ4n) is 1.27. The Bertz CT molecular complexity index is 320. The second kappa shape index (κ2) is 4.91. The van der Waals surface area contributed by atoms with Gasteiger partial charge in [-0.15, -0.1) is 0 Å². The summed E-state index contributed by atoms with van der Waals surface area (Å²) in [7, 11) is 0. The summed E-state index contributed by atoms with van der Waals surface area (Å²) in [4.78, 5) is 0. The molecule has 0 aromatic heterocycles. The van der Waals surface area contributed by atoms with E-state index in [1.807, 2.05) is 6.92 Å². The van der Waals surface area contributed by atoms with E-state index in [1.54, 1.807) is 18.2 Å². The summed E-state index contributed by atoms with van der Waals surface area (Å²) in [6, 6.07) is 6.28. The number of benzene rings is 1. The minimum absolute atomic E-state index is 0.349. The van der Waals surface area contributed by atoms with E-state index >= 15 is 0 Å². The summed E-state index contributed by atoms with van der Waals surface area (Å²) in [6.45, 7) is 5.75. The second-order valence-electron chi connectivity index (χ2n) is 3.34. The molecule has 0 amide bonds. The zero-order chi connectivity index (χ0) is 10.6. The van der Waals surface area contributed by atoms with Crippen LogP contribution >= 0.6 is 0 Å². The Morgan fingerprint density at radius 1 is 1.50 bits per heavy atom. The third-order valence-corrected chi connectivity index (χ3v) is 2.25. The average molecular weight is 194 g/mol. The van der Waals surface area contributed by atoms with Gasteiger partial charge in [-0.1, -0.05) is 37.3 Å². The fourth-order valence-corrected chi connectivity index (χ4v) is 1.27. The van der Waals surface area contributed by atoms with Crippen molar-refractivity contribution in [2.24, 2.45) is 0 Å². The summed E-state index contributed by atoms with van der Waals surface area (Å²) in [5, 5.41) is 9.70. The first-order valence-corrected chi connectivity index (χ1v) is 4.74. The van der Waals surface area contributed by atoms with Gasteiger partial charge in [-0.3, -0.25) is 0 Å². The van der Waals surface area contributed by atoms with Crippen LogP contribution in [0, 0.1) is 5.82 Å². The van der Waals surface area contributed by atoms with Gasteiger partial charge >= 0.3 is 0 Å². The number of hydrogen-bond donors (Lipinski definition) is 1. The van der Waals surface area contributed by atoms with Gasteiger partial charge in [-0.25, -0.2) is 4.39 Å². The van der Waals surface area contributed by atoms with Crippen molar-refractivity contribution in [3.8, 4) is 0 Å². The average Bonchev–Trinajstić information content (AvgIpc) is 2.18. The van der Waals surface area contributed by atoms with Gasteiger partial charge in [0.25, 0.3) is 0 Å². The number of aliphatic hydroxyl groups is 1. The van der Waals surface area contributed by atoms with Crippen LogP contribution in [0.5, 0.6) is 0 Å². The predicted molar refractivity (Wildman–Crippen MR) is 55.4 cm³/mol. The third-order valence-electron chi connectivity index (χ3n) is 2.25. The number of rotatable bonds is 4. The van der Waals surface area contributed by atoms with Crippen molar-refractivity contribution in [3.63, 3.8) is 0 Å². The third kappa shape index (κ3) is 2.67. The number of hydrogen-bond acceptors (Lipinski definition) is 1. The summed E-state index contributed by atoms with van der Waals surface area (Å²) in [6.07, 6.45) is 0.465. The maximum absolute atomic E-state index is 13.2. The fraction of sp³-hybridized carbons (Fsp3) is 0.333. The Morgan fingerprint density at radius 2 is 2.14 bits per heavy atom. The molecule has 0 aliphatic rings. The van der Waals surface area contributed by atoms with Crippen molar-refractivity contribution >= 4 is 0 Å². The van der Waals surface area contributed by atoms with E-state index in [9.17, 15) is 9.50 Å². The van der Waals surface area contributed by atoms with Crippen LogP contribution in [-0.4, -0.2) is 5.11 Å². The van der Waals surface area contributed by atoms with Gasteiger partial charge in [-0.05, 0) is 18.9 Å². The van der Waals surface area contributed by atoms with E-state index in [2.05, 4.69) is 6.58 Å². The quantitative estimate of drug-likeness (QED) is 0.730. The maximum atomic E-state index is 13.2. The molecule has 0 fully saturated rings. The van der Waals surface area contributed by atoms with Crippen molar-refractivity contribution < 1.29 is 9.50 Å². The standard InChI is InChI=1S/C12H15FO/c1-3-9(2)8-12(14)10-6-4-5-7-11(10)13/h4-7,12,14H,2-3,8H2,1H3. The molecule has 0 aliphatic carbocycles. The summed E-state index contributed by atoms with van der Waals surface area (Å²) in [5.41, 5.74) is 1.28. The second-order valence-corrected chi connectivity index (χ2v) is 3.34. The Labute approximate surface area is 83.9 Å². The van der Waals surface area contributed by atoms with Crippen LogP contribution in [-0.2, 0) is 0 Å². The molecule has 0 aliphatic heterocycles. The van der Waals surface area contributed by atoms with Crippen molar-refractivity contribution in [3.05, 3.63) is 47.8 Å². The van der Waals surface area contributed by atoms with E-state index in [0.717, 1.165) is 12.0 Å². The van der Waals surface area contributed by atoms with E-state index in [-0.39, 0.29) is 5.82 Å². The monoisotopic (exact) mass is 194 g/mol. The molecule has 1 atom stereocenters. The molecule has 0 radical (unpaired) electrons. The van der Waals surface area contributed by atoms with Gasteiger partial charge in [-0.2, -0.15) is 0 Å². The smallest absolute Gasteiger partial charge is 0.129 e. The molecular weight excluding hydrogens is 179 g/mol. The van der Waals surface area contributed by atoms with E-state index in [1.165, 1.54) is 6.07 Å². The molecule has 0 spiro atoms. The Kier molecular flexibility index (Phi) is 3.84. The van der Waals surface area contributed by atoms with Crippen LogP contribution in [0.15, 0.2) is 36.4 Å². The topological polar surface area (TPSA) is 20.2 Å². The normalized spacial score (nSPS) is 12.5. The maximum Gasteiger partial charge on any atom is 0.129 e. The first kappa shape index (κ1) is 10.9. The first-order chi connectivity index (χ1) is 6.65. The summed E-state index contributed by atoms with van der Waals surface area (Å²) in [5.74, 6) is -0.357. The van der Waals surface area contributed by atoms with Gasteiger partial charge in [0.2, 0.25) is 0 Å². The minimum atomic E-state index is -0.774. The lowest BCUT2D eigenvalue weighted by Crippen LogP contribution is -2.01. The molecule has 0 heterocycles. The van der Waals surface area contributed by atoms with Gasteiger partial charge in [0.15, 0.2) is 0 Å². The Morgan fingerprint density at radius 3 is 2.71 bits per heavy atom. The highest BCUT2D eigenvalue weighted by atomic mass is 19.1. The van der Waals surface area contributed by atoms with E-state index in [0.29, 0.717) is 12.0 Å². The van der Waals surface area contributed by atoms with Gasteiger partial charge in [0, 0.05) is 5.56 Å². The molecule has 1 nitrogen and oxygen atoms in total. The lowest BCUT2D eigenvalue weighted by molar-refractivity contribution is 0.173. The molecule has 1 unspecified atom stereocenters. The van der Waals surface area contributed by atoms with Gasteiger partial charge in [0.1, 0.15) is 5.82 Å². The Hall–Kier alpha value is -1.15. The molecular formula is C12H15FO. The minimum Gasteiger partial charge on any atom is -0.388 e. The summed E-state index contributed by atoms with van der Waals surface area (Å²) >= 11 is 0. The van der Waals surface area contributed by atoms with Crippen LogP contribution in [0.2, 0.25) is 0 Å². The molecule has 1 rings (SSSR count). The van der Waals surface area contributed by atoms with Crippen LogP contribution in [0.25, 0.3) is 0 Å². The van der Waals surface area contributed by atoms with E-state index < -0.39 is 6.10 Å². The van der Waals surface area contributed by atoms with Crippen LogP contribution in [0.3, 0.4) is 0 Å². The van der Waals surface area contributed by atoms with Gasteiger partial charge in [0.05, 0.1) is 6.10 Å². The molecule has 1 aromatic rings. The van der Waals surface area contributed by atoms with Crippen LogP contribution in [0.4, 0.5) is 4.39 Å². The SMILES string of the molecule is C=C(CC)CC(O)c1ccccc1F. The van der Waals surface area contributed by atoms with Crippen LogP contribution < -0.4 is 0 Å². The molecule has 1 N–H and O–H groups in total. The highest BCUT2D eigenvalue weighted by molar-refractivity contribution is 5.21.